The molecule has 0 saturated heterocycles. The fourth-order valence-corrected chi connectivity index (χ4v) is 4.13. The number of hydrogen-bond acceptors (Lipinski definition) is 6. The topological polar surface area (TPSA) is 112 Å². The fraction of sp³-hybridized carbons (Fsp3) is 0.562. The summed E-state index contributed by atoms with van der Waals surface area (Å²) < 4.78 is 28.2. The number of rotatable bonds is 4. The van der Waals surface area contributed by atoms with Gasteiger partial charge < -0.3 is 4.52 Å². The molecule has 4 rings (SSSR count). The third kappa shape index (κ3) is 2.44. The Morgan fingerprint density at radius 3 is 2.54 bits per heavy atom. The van der Waals surface area contributed by atoms with Crippen molar-refractivity contribution in [2.75, 3.05) is 0 Å². The zero-order valence-electron chi connectivity index (χ0n) is 13.6. The van der Waals surface area contributed by atoms with Gasteiger partial charge in [-0.2, -0.15) is 4.98 Å². The Balaban J connectivity index is 1.58. The van der Waals surface area contributed by atoms with Gasteiger partial charge in [0.05, 0.1) is 5.92 Å². The van der Waals surface area contributed by atoms with Crippen LogP contribution >= 0.6 is 0 Å². The summed E-state index contributed by atoms with van der Waals surface area (Å²) in [6.45, 7) is 4.28. The molecule has 2 aromatic rings. The van der Waals surface area contributed by atoms with Crippen LogP contribution in [0.3, 0.4) is 0 Å². The van der Waals surface area contributed by atoms with E-state index in [0.29, 0.717) is 11.8 Å². The average Bonchev–Trinajstić information content (AvgIpc) is 2.79. The average molecular weight is 348 g/mol. The number of hydrogen-bond donors (Lipinski definition) is 1. The molecule has 128 valence electrons. The van der Waals surface area contributed by atoms with Gasteiger partial charge in [-0.15, -0.1) is 0 Å². The molecule has 0 spiro atoms. The third-order valence-electron chi connectivity index (χ3n) is 5.43. The zero-order chi connectivity index (χ0) is 17.1. The molecule has 0 amide bonds. The first-order chi connectivity index (χ1) is 11.3. The molecule has 8 heteroatoms. The van der Waals surface area contributed by atoms with E-state index < -0.39 is 10.0 Å². The maximum absolute atomic E-state index is 11.3. The van der Waals surface area contributed by atoms with E-state index >= 15 is 0 Å². The second-order valence-corrected chi connectivity index (χ2v) is 8.88. The first kappa shape index (κ1) is 15.7. The minimum atomic E-state index is -3.77. The van der Waals surface area contributed by atoms with Crippen molar-refractivity contribution in [3.8, 4) is 0 Å². The number of nitrogens with zero attached hydrogens (tertiary/aromatic N) is 3. The second-order valence-electron chi connectivity index (χ2n) is 7.37. The van der Waals surface area contributed by atoms with Crippen LogP contribution in [0, 0.1) is 5.41 Å². The lowest BCUT2D eigenvalue weighted by molar-refractivity contribution is 0.342. The predicted octanol–water partition coefficient (Wildman–Crippen LogP) is 2.29. The predicted molar refractivity (Wildman–Crippen MR) is 85.8 cm³/mol. The number of sulfonamides is 1. The lowest BCUT2D eigenvalue weighted by atomic mass is 9.85. The monoisotopic (exact) mass is 348 g/mol. The molecule has 2 fully saturated rings. The molecule has 0 unspecified atom stereocenters. The van der Waals surface area contributed by atoms with Crippen LogP contribution in [0.15, 0.2) is 27.9 Å². The van der Waals surface area contributed by atoms with E-state index in [-0.39, 0.29) is 22.3 Å². The van der Waals surface area contributed by atoms with Crippen LogP contribution in [0.2, 0.25) is 0 Å². The van der Waals surface area contributed by atoms with Crippen LogP contribution < -0.4 is 5.14 Å². The first-order valence-electron chi connectivity index (χ1n) is 8.11. The maximum atomic E-state index is 11.3. The molecule has 2 saturated carbocycles. The van der Waals surface area contributed by atoms with Gasteiger partial charge in [0.25, 0.3) is 10.0 Å². The van der Waals surface area contributed by atoms with E-state index in [1.807, 2.05) is 0 Å². The molecule has 0 aromatic carbocycles. The van der Waals surface area contributed by atoms with Crippen molar-refractivity contribution >= 4 is 10.0 Å². The summed E-state index contributed by atoms with van der Waals surface area (Å²) in [4.78, 5) is 8.59. The minimum absolute atomic E-state index is 0.0335. The summed E-state index contributed by atoms with van der Waals surface area (Å²) in [6, 6.07) is 3.21. The molecule has 7 nitrogen and oxygen atoms in total. The van der Waals surface area contributed by atoms with E-state index in [4.69, 9.17) is 9.66 Å². The van der Waals surface area contributed by atoms with E-state index in [0.717, 1.165) is 24.2 Å². The van der Waals surface area contributed by atoms with Crippen LogP contribution in [0.1, 0.15) is 68.1 Å². The fourth-order valence-electron chi connectivity index (χ4n) is 3.67. The highest BCUT2D eigenvalue weighted by Gasteiger charge is 2.62. The Hall–Kier alpha value is -1.80. The smallest absolute Gasteiger partial charge is 0.255 e. The summed E-state index contributed by atoms with van der Waals surface area (Å²) in [6.07, 6.45) is 5.08. The second kappa shape index (κ2) is 5.10. The Kier molecular flexibility index (Phi) is 3.34. The number of pyridine rings is 1. The van der Waals surface area contributed by atoms with Gasteiger partial charge in [0, 0.05) is 18.0 Å². The maximum Gasteiger partial charge on any atom is 0.255 e. The number of aromatic nitrogens is 3. The molecule has 2 N–H and O–H groups in total. The van der Waals surface area contributed by atoms with Crippen molar-refractivity contribution in [1.29, 1.82) is 0 Å². The first-order valence-corrected chi connectivity index (χ1v) is 9.65. The lowest BCUT2D eigenvalue weighted by Crippen LogP contribution is -2.13. The van der Waals surface area contributed by atoms with Gasteiger partial charge in [0.15, 0.2) is 10.9 Å². The van der Waals surface area contributed by atoms with Crippen molar-refractivity contribution in [2.45, 2.75) is 55.9 Å². The Morgan fingerprint density at radius 2 is 2.00 bits per heavy atom. The van der Waals surface area contributed by atoms with Gasteiger partial charge >= 0.3 is 0 Å². The van der Waals surface area contributed by atoms with Gasteiger partial charge in [0.1, 0.15) is 0 Å². The summed E-state index contributed by atoms with van der Waals surface area (Å²) in [7, 11) is -3.77. The molecule has 2 atom stereocenters. The molecular weight excluding hydrogens is 328 g/mol. The summed E-state index contributed by atoms with van der Waals surface area (Å²) in [5, 5.41) is 9.12. The van der Waals surface area contributed by atoms with Crippen molar-refractivity contribution in [2.24, 2.45) is 10.6 Å². The summed E-state index contributed by atoms with van der Waals surface area (Å²) >= 11 is 0. The van der Waals surface area contributed by atoms with Crippen LogP contribution in [0.5, 0.6) is 0 Å². The number of nitrogens with two attached hydrogens (primary N) is 1. The molecule has 2 aliphatic rings. The normalized spacial score (nSPS) is 26.1. The van der Waals surface area contributed by atoms with Gasteiger partial charge in [-0.25, -0.2) is 18.5 Å². The van der Waals surface area contributed by atoms with Crippen LogP contribution in [-0.4, -0.2) is 23.5 Å². The van der Waals surface area contributed by atoms with E-state index in [1.54, 1.807) is 12.3 Å². The van der Waals surface area contributed by atoms with Crippen molar-refractivity contribution in [1.82, 2.24) is 15.1 Å². The van der Waals surface area contributed by atoms with Crippen LogP contribution in [-0.2, 0) is 10.0 Å². The Morgan fingerprint density at radius 1 is 1.25 bits per heavy atom. The highest BCUT2D eigenvalue weighted by Crippen LogP contribution is 2.69. The summed E-state index contributed by atoms with van der Waals surface area (Å²) in [5.41, 5.74) is 0.926. The zero-order valence-corrected chi connectivity index (χ0v) is 14.5. The molecular formula is C16H20N4O3S. The van der Waals surface area contributed by atoms with Crippen LogP contribution in [0.25, 0.3) is 0 Å². The third-order valence-corrected chi connectivity index (χ3v) is 6.26. The van der Waals surface area contributed by atoms with Gasteiger partial charge in [0.2, 0.25) is 5.89 Å². The van der Waals surface area contributed by atoms with Gasteiger partial charge in [-0.1, -0.05) is 31.5 Å². The molecule has 2 heterocycles. The van der Waals surface area contributed by atoms with E-state index in [1.165, 1.54) is 12.5 Å². The Bertz CT molecular complexity index is 869. The van der Waals surface area contributed by atoms with E-state index in [9.17, 15) is 8.42 Å². The Labute approximate surface area is 140 Å². The molecule has 0 bridgehead atoms. The highest BCUT2D eigenvalue weighted by molar-refractivity contribution is 7.89. The minimum Gasteiger partial charge on any atom is -0.339 e. The van der Waals surface area contributed by atoms with Crippen molar-refractivity contribution < 1.29 is 12.9 Å². The lowest BCUT2D eigenvalue weighted by Gasteiger charge is -2.20. The van der Waals surface area contributed by atoms with Crippen LogP contribution in [0.4, 0.5) is 0 Å². The van der Waals surface area contributed by atoms with Crippen molar-refractivity contribution in [3.05, 3.63) is 35.6 Å². The molecule has 0 radical (unpaired) electrons. The van der Waals surface area contributed by atoms with Gasteiger partial charge in [-0.3, -0.25) is 0 Å². The molecule has 2 aromatic heterocycles. The quantitative estimate of drug-likeness (QED) is 0.907. The van der Waals surface area contributed by atoms with Crippen molar-refractivity contribution in [3.63, 3.8) is 0 Å². The SMILES string of the molecule is CC1(C)[C@@H](c2ccc(S(N)(=O)=O)nc2)[C@@H]1c1nc(C2CCC2)no1. The highest BCUT2D eigenvalue weighted by atomic mass is 32.2. The largest absolute Gasteiger partial charge is 0.339 e. The van der Waals surface area contributed by atoms with E-state index in [2.05, 4.69) is 29.0 Å². The molecule has 24 heavy (non-hydrogen) atoms. The molecule has 0 aliphatic heterocycles. The van der Waals surface area contributed by atoms with Gasteiger partial charge in [-0.05, 0) is 29.9 Å². The summed E-state index contributed by atoms with van der Waals surface area (Å²) in [5.74, 6) is 2.23. The standard InChI is InChI=1S/C16H20N4O3S/c1-16(2)12(10-6-7-11(18-8-10)24(17,21)22)13(16)15-19-14(20-23-15)9-4-3-5-9/h6-9,12-13H,3-5H2,1-2H3,(H2,17,21,22)/t12-,13+/m0/s1. The molecule has 2 aliphatic carbocycles. The number of primary sulfonamides is 1.